The van der Waals surface area contributed by atoms with Crippen molar-refractivity contribution >= 4 is 11.8 Å². The van der Waals surface area contributed by atoms with Crippen molar-refractivity contribution in [3.63, 3.8) is 0 Å². The van der Waals surface area contributed by atoms with Crippen molar-refractivity contribution in [2.45, 2.75) is 43.8 Å². The van der Waals surface area contributed by atoms with E-state index in [-0.39, 0.29) is 0 Å². The molecule has 0 radical (unpaired) electrons. The maximum Gasteiger partial charge on any atom is 0.00471 e. The zero-order chi connectivity index (χ0) is 7.94. The molecule has 0 N–H and O–H groups in total. The molecular weight excluding hydrogens is 152 g/mol. The molecule has 0 spiro atoms. The van der Waals surface area contributed by atoms with Crippen LogP contribution in [0.5, 0.6) is 0 Å². The van der Waals surface area contributed by atoms with E-state index < -0.39 is 0 Å². The molecule has 0 unspecified atom stereocenters. The van der Waals surface area contributed by atoms with Crippen molar-refractivity contribution in [1.82, 2.24) is 0 Å². The Labute approximate surface area is 74.5 Å². The van der Waals surface area contributed by atoms with Crippen LogP contribution in [0.1, 0.15) is 38.5 Å². The summed E-state index contributed by atoms with van der Waals surface area (Å²) in [5.41, 5.74) is 0. The van der Waals surface area contributed by atoms with Gasteiger partial charge in [0, 0.05) is 5.25 Å². The van der Waals surface area contributed by atoms with Gasteiger partial charge >= 0.3 is 0 Å². The first kappa shape index (κ1) is 9.18. The highest BCUT2D eigenvalue weighted by Crippen LogP contribution is 2.28. The second-order valence-electron chi connectivity index (χ2n) is 3.21. The molecule has 1 aliphatic rings. The maximum atomic E-state index is 3.73. The van der Waals surface area contributed by atoms with E-state index in [1.807, 2.05) is 6.08 Å². The minimum Gasteiger partial charge on any atom is -0.158 e. The number of allylic oxidation sites excluding steroid dienone is 1. The molecule has 0 aromatic heterocycles. The second kappa shape index (κ2) is 5.70. The van der Waals surface area contributed by atoms with E-state index in [0.29, 0.717) is 0 Å². The lowest BCUT2D eigenvalue weighted by molar-refractivity contribution is 0.516. The van der Waals surface area contributed by atoms with E-state index in [4.69, 9.17) is 0 Å². The van der Waals surface area contributed by atoms with Crippen LogP contribution in [0.25, 0.3) is 0 Å². The summed E-state index contributed by atoms with van der Waals surface area (Å²) in [6.45, 7) is 3.73. The predicted molar refractivity (Wildman–Crippen MR) is 54.1 cm³/mol. The standard InChI is InChI=1S/C10H18S/c1-2-3-9-11-10-7-5-4-6-8-10/h2,10H,1,3-9H2. The smallest absolute Gasteiger partial charge is 0.00471 e. The van der Waals surface area contributed by atoms with Gasteiger partial charge in [-0.25, -0.2) is 0 Å². The van der Waals surface area contributed by atoms with Gasteiger partial charge in [-0.1, -0.05) is 25.3 Å². The van der Waals surface area contributed by atoms with Crippen LogP contribution in [-0.2, 0) is 0 Å². The van der Waals surface area contributed by atoms with Gasteiger partial charge in [-0.3, -0.25) is 0 Å². The summed E-state index contributed by atoms with van der Waals surface area (Å²) in [5, 5.41) is 0.976. The summed E-state index contributed by atoms with van der Waals surface area (Å²) in [5.74, 6) is 1.29. The summed E-state index contributed by atoms with van der Waals surface area (Å²) in [7, 11) is 0. The van der Waals surface area contributed by atoms with Gasteiger partial charge in [0.25, 0.3) is 0 Å². The van der Waals surface area contributed by atoms with Gasteiger partial charge in [0.15, 0.2) is 0 Å². The van der Waals surface area contributed by atoms with Crippen molar-refractivity contribution < 1.29 is 0 Å². The van der Waals surface area contributed by atoms with Gasteiger partial charge in [-0.05, 0) is 25.0 Å². The molecule has 64 valence electrons. The highest BCUT2D eigenvalue weighted by molar-refractivity contribution is 7.99. The fourth-order valence-electron chi connectivity index (χ4n) is 1.55. The Hall–Kier alpha value is 0.0900. The molecule has 0 amide bonds. The molecule has 0 atom stereocenters. The molecule has 1 rings (SSSR count). The van der Waals surface area contributed by atoms with E-state index in [1.54, 1.807) is 0 Å². The van der Waals surface area contributed by atoms with Crippen LogP contribution in [0.15, 0.2) is 12.7 Å². The van der Waals surface area contributed by atoms with Gasteiger partial charge in [-0.2, -0.15) is 11.8 Å². The van der Waals surface area contributed by atoms with Crippen molar-refractivity contribution in [2.24, 2.45) is 0 Å². The van der Waals surface area contributed by atoms with Crippen LogP contribution >= 0.6 is 11.8 Å². The molecule has 0 heterocycles. The van der Waals surface area contributed by atoms with Crippen LogP contribution in [0.4, 0.5) is 0 Å². The normalized spacial score (nSPS) is 20.0. The Balaban J connectivity index is 2.00. The quantitative estimate of drug-likeness (QED) is 0.458. The molecule has 0 aliphatic heterocycles. The number of hydrogen-bond acceptors (Lipinski definition) is 1. The topological polar surface area (TPSA) is 0 Å². The van der Waals surface area contributed by atoms with E-state index in [2.05, 4.69) is 18.3 Å². The molecule has 0 aromatic carbocycles. The van der Waals surface area contributed by atoms with E-state index in [9.17, 15) is 0 Å². The van der Waals surface area contributed by atoms with Crippen LogP contribution in [-0.4, -0.2) is 11.0 Å². The first-order valence-corrected chi connectivity index (χ1v) is 5.71. The molecule has 1 saturated carbocycles. The van der Waals surface area contributed by atoms with Crippen LogP contribution in [0, 0.1) is 0 Å². The monoisotopic (exact) mass is 170 g/mol. The molecule has 11 heavy (non-hydrogen) atoms. The Morgan fingerprint density at radius 2 is 2.00 bits per heavy atom. The lowest BCUT2D eigenvalue weighted by Crippen LogP contribution is -2.08. The van der Waals surface area contributed by atoms with Gasteiger partial charge in [-0.15, -0.1) is 6.58 Å². The molecular formula is C10H18S. The molecule has 1 heteroatoms. The van der Waals surface area contributed by atoms with Gasteiger partial charge in [0.05, 0.1) is 0 Å². The number of rotatable bonds is 4. The highest BCUT2D eigenvalue weighted by atomic mass is 32.2. The molecule has 0 saturated heterocycles. The predicted octanol–water partition coefficient (Wildman–Crippen LogP) is 3.63. The van der Waals surface area contributed by atoms with Crippen molar-refractivity contribution in [3.05, 3.63) is 12.7 Å². The summed E-state index contributed by atoms with van der Waals surface area (Å²) in [6.07, 6.45) is 10.5. The lowest BCUT2D eigenvalue weighted by Gasteiger charge is -2.20. The Bertz CT molecular complexity index is 103. The van der Waals surface area contributed by atoms with Gasteiger partial charge < -0.3 is 0 Å². The molecule has 0 aromatic rings. The van der Waals surface area contributed by atoms with Crippen molar-refractivity contribution in [1.29, 1.82) is 0 Å². The summed E-state index contributed by atoms with van der Waals surface area (Å²) in [6, 6.07) is 0. The minimum absolute atomic E-state index is 0.976. The van der Waals surface area contributed by atoms with Crippen LogP contribution < -0.4 is 0 Å². The van der Waals surface area contributed by atoms with Crippen molar-refractivity contribution in [3.8, 4) is 0 Å². The fourth-order valence-corrected chi connectivity index (χ4v) is 2.85. The Morgan fingerprint density at radius 3 is 2.64 bits per heavy atom. The average molecular weight is 170 g/mol. The SMILES string of the molecule is C=CCCSC1CCCCC1. The summed E-state index contributed by atoms with van der Waals surface area (Å²) < 4.78 is 0. The number of hydrogen-bond donors (Lipinski definition) is 0. The zero-order valence-corrected chi connectivity index (χ0v) is 8.04. The fraction of sp³-hybridized carbons (Fsp3) is 0.800. The average Bonchev–Trinajstić information content (AvgIpc) is 2.07. The van der Waals surface area contributed by atoms with E-state index in [0.717, 1.165) is 5.25 Å². The Morgan fingerprint density at radius 1 is 1.27 bits per heavy atom. The first-order chi connectivity index (χ1) is 5.43. The highest BCUT2D eigenvalue weighted by Gasteiger charge is 2.12. The van der Waals surface area contributed by atoms with Gasteiger partial charge in [0.2, 0.25) is 0 Å². The lowest BCUT2D eigenvalue weighted by atomic mass is 10.0. The van der Waals surface area contributed by atoms with E-state index >= 15 is 0 Å². The molecule has 0 bridgehead atoms. The van der Waals surface area contributed by atoms with Crippen LogP contribution in [0.2, 0.25) is 0 Å². The maximum absolute atomic E-state index is 3.73. The van der Waals surface area contributed by atoms with Gasteiger partial charge in [0.1, 0.15) is 0 Å². The third-order valence-corrected chi connectivity index (χ3v) is 3.64. The van der Waals surface area contributed by atoms with Crippen LogP contribution in [0.3, 0.4) is 0 Å². The van der Waals surface area contributed by atoms with E-state index in [1.165, 1.54) is 44.3 Å². The Kier molecular flexibility index (Phi) is 4.76. The molecule has 1 fully saturated rings. The third-order valence-electron chi connectivity index (χ3n) is 2.23. The van der Waals surface area contributed by atoms with Crippen molar-refractivity contribution in [2.75, 3.05) is 5.75 Å². The third kappa shape index (κ3) is 3.85. The largest absolute Gasteiger partial charge is 0.158 e. The zero-order valence-electron chi connectivity index (χ0n) is 7.22. The molecule has 1 aliphatic carbocycles. The first-order valence-electron chi connectivity index (χ1n) is 4.66. The molecule has 0 nitrogen and oxygen atoms in total. The second-order valence-corrected chi connectivity index (χ2v) is 4.62. The minimum atomic E-state index is 0.976. The summed E-state index contributed by atoms with van der Waals surface area (Å²) >= 11 is 2.15. The number of thioether (sulfide) groups is 1. The summed E-state index contributed by atoms with van der Waals surface area (Å²) in [4.78, 5) is 0.